The number of hydrogen-bond donors (Lipinski definition) is 5. The van der Waals surface area contributed by atoms with Crippen molar-refractivity contribution in [2.24, 2.45) is 17.8 Å². The number of benzene rings is 1. The first-order valence-electron chi connectivity index (χ1n) is 17.1. The first kappa shape index (κ1) is 41.4. The molecule has 1 aromatic rings. The molecule has 0 saturated carbocycles. The molecule has 0 spiro atoms. The molecule has 15 heteroatoms. The molecular formula is C36H50O15. The lowest BCUT2D eigenvalue weighted by Gasteiger charge is -2.48. The standard InChI is InChI=1S/C36H50O15/c1-7-20(2)18-21(3)12-11-17-47-33(45)49-28-27(38)34(50-29(30(39)40)35(46,31(41)42)36(28,51-34)32(43)44)16-15-22(4)26(48-24(6)37)23(5)19-25-13-9-8-10-14-25/h8-10,13-14,20-21,23,26-29,38,46H,4,7,11-12,15-19H2,1-3,5-6H3,(H,39,40)(H,41,42)(H,43,44)/t20-,21+,23?,26?,27+,28+,29+,34+,35+,36+/m0/s1. The van der Waals surface area contributed by atoms with E-state index in [1.807, 2.05) is 37.3 Å². The van der Waals surface area contributed by atoms with Crippen LogP contribution in [0.2, 0.25) is 0 Å². The van der Waals surface area contributed by atoms with E-state index in [0.29, 0.717) is 31.1 Å². The Morgan fingerprint density at radius 1 is 1.00 bits per heavy atom. The Kier molecular flexibility index (Phi) is 13.8. The van der Waals surface area contributed by atoms with Gasteiger partial charge in [-0.2, -0.15) is 0 Å². The molecular weight excluding hydrogens is 672 g/mol. The molecule has 2 unspecified atom stereocenters. The average molecular weight is 723 g/mol. The van der Waals surface area contributed by atoms with E-state index in [4.69, 9.17) is 23.7 Å². The third-order valence-electron chi connectivity index (χ3n) is 9.80. The van der Waals surface area contributed by atoms with Crippen molar-refractivity contribution in [1.29, 1.82) is 0 Å². The van der Waals surface area contributed by atoms with E-state index >= 15 is 0 Å². The maximum atomic E-state index is 13.0. The fraction of sp³-hybridized carbons (Fsp3) is 0.639. The average Bonchev–Trinajstić information content (AvgIpc) is 3.28. The zero-order chi connectivity index (χ0) is 38.3. The number of aliphatic carboxylic acids is 3. The molecule has 2 heterocycles. The molecule has 10 atom stereocenters. The largest absolute Gasteiger partial charge is 0.508 e. The number of rotatable bonds is 19. The van der Waals surface area contributed by atoms with Gasteiger partial charge in [-0.3, -0.25) is 4.79 Å². The van der Waals surface area contributed by atoms with Crippen molar-refractivity contribution in [3.8, 4) is 0 Å². The summed E-state index contributed by atoms with van der Waals surface area (Å²) in [6.07, 6.45) is -7.53. The van der Waals surface area contributed by atoms with Gasteiger partial charge in [0, 0.05) is 19.3 Å². The highest BCUT2D eigenvalue weighted by atomic mass is 16.8. The van der Waals surface area contributed by atoms with Gasteiger partial charge < -0.3 is 49.2 Å². The summed E-state index contributed by atoms with van der Waals surface area (Å²) in [5, 5.41) is 53.5. The number of carbonyl (C=O) groups excluding carboxylic acids is 2. The number of hydrogen-bond acceptors (Lipinski definition) is 12. The van der Waals surface area contributed by atoms with Gasteiger partial charge in [-0.25, -0.2) is 19.2 Å². The SMILES string of the molecule is C=C(CC[C@@]12O[C@H](C(=O)O)[C@@](O)(C(=O)O)[C@@](C(=O)O)(O1)[C@H](OC(=O)OCCC[C@@H](C)C[C@@H](C)CC)[C@H]2O)C(OC(C)=O)C(C)Cc1ccccc1. The van der Waals surface area contributed by atoms with Crippen molar-refractivity contribution >= 4 is 30.0 Å². The monoisotopic (exact) mass is 722 g/mol. The molecule has 0 radical (unpaired) electrons. The molecule has 0 amide bonds. The second-order valence-corrected chi connectivity index (χ2v) is 13.8. The molecule has 2 aliphatic rings. The number of fused-ring (bicyclic) bond motifs is 2. The maximum Gasteiger partial charge on any atom is 0.508 e. The van der Waals surface area contributed by atoms with Gasteiger partial charge in [0.25, 0.3) is 5.60 Å². The minimum atomic E-state index is -3.93. The van der Waals surface area contributed by atoms with Crippen LogP contribution in [0, 0.1) is 17.8 Å². The molecule has 2 bridgehead atoms. The van der Waals surface area contributed by atoms with E-state index in [9.17, 15) is 49.5 Å². The van der Waals surface area contributed by atoms with Crippen LogP contribution in [0.4, 0.5) is 4.79 Å². The van der Waals surface area contributed by atoms with Crippen molar-refractivity contribution in [3.05, 3.63) is 48.0 Å². The molecule has 0 aromatic heterocycles. The van der Waals surface area contributed by atoms with E-state index in [1.54, 1.807) is 6.92 Å². The molecule has 5 N–H and O–H groups in total. The van der Waals surface area contributed by atoms with Crippen molar-refractivity contribution in [3.63, 3.8) is 0 Å². The molecule has 1 aromatic carbocycles. The molecule has 0 aliphatic carbocycles. The van der Waals surface area contributed by atoms with Crippen LogP contribution in [0.15, 0.2) is 42.5 Å². The van der Waals surface area contributed by atoms with Gasteiger partial charge in [-0.15, -0.1) is 0 Å². The van der Waals surface area contributed by atoms with Gasteiger partial charge in [-0.05, 0) is 55.1 Å². The Labute approximate surface area is 296 Å². The van der Waals surface area contributed by atoms with Gasteiger partial charge >= 0.3 is 30.0 Å². The fourth-order valence-electron chi connectivity index (χ4n) is 6.99. The molecule has 284 valence electrons. The highest BCUT2D eigenvalue weighted by molar-refractivity contribution is 5.98. The predicted octanol–water partition coefficient (Wildman–Crippen LogP) is 3.72. The third-order valence-corrected chi connectivity index (χ3v) is 9.80. The molecule has 2 fully saturated rings. The van der Waals surface area contributed by atoms with Crippen LogP contribution < -0.4 is 0 Å². The number of carbonyl (C=O) groups is 5. The van der Waals surface area contributed by atoms with E-state index in [0.717, 1.165) is 18.4 Å². The summed E-state index contributed by atoms with van der Waals surface area (Å²) in [7, 11) is 0. The minimum Gasteiger partial charge on any atom is -0.479 e. The summed E-state index contributed by atoms with van der Waals surface area (Å²) in [5.74, 6) is -9.61. The number of aliphatic hydroxyl groups excluding tert-OH is 1. The molecule has 15 nitrogen and oxygen atoms in total. The Balaban J connectivity index is 1.92. The highest BCUT2D eigenvalue weighted by Crippen LogP contribution is 2.56. The van der Waals surface area contributed by atoms with Gasteiger partial charge in [0.05, 0.1) is 6.61 Å². The van der Waals surface area contributed by atoms with E-state index in [-0.39, 0.29) is 24.5 Å². The van der Waals surface area contributed by atoms with E-state index < -0.39 is 77.9 Å². The summed E-state index contributed by atoms with van der Waals surface area (Å²) in [6.45, 7) is 13.1. The van der Waals surface area contributed by atoms with E-state index in [1.165, 1.54) is 6.92 Å². The Bertz CT molecular complexity index is 1430. The van der Waals surface area contributed by atoms with Crippen LogP contribution in [-0.4, -0.2) is 104 Å². The van der Waals surface area contributed by atoms with Crippen molar-refractivity contribution < 1.29 is 73.2 Å². The molecule has 2 saturated heterocycles. The molecule has 51 heavy (non-hydrogen) atoms. The van der Waals surface area contributed by atoms with Crippen LogP contribution in [0.5, 0.6) is 0 Å². The minimum absolute atomic E-state index is 0.172. The predicted molar refractivity (Wildman–Crippen MR) is 177 cm³/mol. The second-order valence-electron chi connectivity index (χ2n) is 13.8. The summed E-state index contributed by atoms with van der Waals surface area (Å²) in [5.41, 5.74) is -6.36. The smallest absolute Gasteiger partial charge is 0.479 e. The van der Waals surface area contributed by atoms with Crippen molar-refractivity contribution in [2.45, 2.75) is 121 Å². The van der Waals surface area contributed by atoms with E-state index in [2.05, 4.69) is 20.4 Å². The maximum absolute atomic E-state index is 13.0. The first-order valence-corrected chi connectivity index (χ1v) is 17.1. The summed E-state index contributed by atoms with van der Waals surface area (Å²) in [6, 6.07) is 9.27. The summed E-state index contributed by atoms with van der Waals surface area (Å²) < 4.78 is 27.0. The number of ether oxygens (including phenoxy) is 5. The van der Waals surface area contributed by atoms with Crippen LogP contribution >= 0.6 is 0 Å². The fourth-order valence-corrected chi connectivity index (χ4v) is 6.99. The Hall–Kier alpha value is -4.05. The quantitative estimate of drug-likeness (QED) is 0.0778. The van der Waals surface area contributed by atoms with Gasteiger partial charge in [0.1, 0.15) is 12.2 Å². The molecule has 2 aliphatic heterocycles. The van der Waals surface area contributed by atoms with Crippen molar-refractivity contribution in [2.75, 3.05) is 6.61 Å². The summed E-state index contributed by atoms with van der Waals surface area (Å²) >= 11 is 0. The van der Waals surface area contributed by atoms with Crippen LogP contribution in [0.3, 0.4) is 0 Å². The molecule has 3 rings (SSSR count). The zero-order valence-electron chi connectivity index (χ0n) is 29.6. The number of carboxylic acids is 3. The number of aliphatic hydroxyl groups is 2. The van der Waals surface area contributed by atoms with Crippen LogP contribution in [0.1, 0.15) is 78.7 Å². The lowest BCUT2D eigenvalue weighted by atomic mass is 9.74. The highest BCUT2D eigenvalue weighted by Gasteiger charge is 2.86. The Morgan fingerprint density at radius 3 is 2.20 bits per heavy atom. The van der Waals surface area contributed by atoms with Gasteiger partial charge in [0.15, 0.2) is 6.10 Å². The summed E-state index contributed by atoms with van der Waals surface area (Å²) in [4.78, 5) is 62.9. The Morgan fingerprint density at radius 2 is 1.65 bits per heavy atom. The number of carboxylic acid groups (broad SMARTS) is 3. The lowest BCUT2D eigenvalue weighted by molar-refractivity contribution is -0.374. The lowest BCUT2D eigenvalue weighted by Crippen LogP contribution is -2.78. The van der Waals surface area contributed by atoms with Crippen LogP contribution in [-0.2, 0) is 49.3 Å². The first-order chi connectivity index (χ1) is 23.9. The normalized spacial score (nSPS) is 29.2. The van der Waals surface area contributed by atoms with Gasteiger partial charge in [-0.1, -0.05) is 71.0 Å². The third kappa shape index (κ3) is 8.71. The number of esters is 1. The zero-order valence-corrected chi connectivity index (χ0v) is 29.6. The van der Waals surface area contributed by atoms with Crippen molar-refractivity contribution in [1.82, 2.24) is 0 Å². The van der Waals surface area contributed by atoms with Gasteiger partial charge in [0.2, 0.25) is 17.5 Å². The topological polar surface area (TPSA) is 233 Å². The second kappa shape index (κ2) is 17.0. The van der Waals surface area contributed by atoms with Crippen LogP contribution in [0.25, 0.3) is 0 Å².